The molecule has 2 saturated heterocycles. The minimum Gasteiger partial charge on any atom is -0.444 e. The predicted octanol–water partition coefficient (Wildman–Crippen LogP) is 2.50. The standard InChI is InChI=1S/C17H33N3O2/c1-16(2,3)22-15(21)19-17(4,5)11-18-12-9-13-7-8-14(10-12)20(13)6/h12-14,18H,7-11H2,1-6H3,(H,19,21). The fraction of sp³-hybridized carbons (Fsp3) is 0.941. The first-order valence-corrected chi connectivity index (χ1v) is 8.52. The molecule has 128 valence electrons. The van der Waals surface area contributed by atoms with Gasteiger partial charge in [0.1, 0.15) is 5.60 Å². The molecule has 2 unspecified atom stereocenters. The van der Waals surface area contributed by atoms with Crippen molar-refractivity contribution >= 4 is 6.09 Å². The monoisotopic (exact) mass is 311 g/mol. The Labute approximate surface area is 135 Å². The number of hydrogen-bond acceptors (Lipinski definition) is 4. The van der Waals surface area contributed by atoms with Crippen molar-refractivity contribution in [2.45, 2.75) is 89.6 Å². The number of hydrogen-bond donors (Lipinski definition) is 2. The fourth-order valence-electron chi connectivity index (χ4n) is 3.60. The number of piperidine rings is 1. The topological polar surface area (TPSA) is 53.6 Å². The molecule has 0 aromatic rings. The molecular weight excluding hydrogens is 278 g/mol. The Kier molecular flexibility index (Phi) is 5.07. The molecular formula is C17H33N3O2. The molecule has 22 heavy (non-hydrogen) atoms. The number of alkyl carbamates (subject to hydrolysis) is 1. The molecule has 0 radical (unpaired) electrons. The summed E-state index contributed by atoms with van der Waals surface area (Å²) in [6, 6.07) is 2.03. The maximum Gasteiger partial charge on any atom is 0.408 e. The van der Waals surface area contributed by atoms with Crippen molar-refractivity contribution in [3.05, 3.63) is 0 Å². The second-order valence-electron chi connectivity index (χ2n) is 8.61. The van der Waals surface area contributed by atoms with E-state index in [2.05, 4.69) is 22.6 Å². The van der Waals surface area contributed by atoms with Crippen LogP contribution < -0.4 is 10.6 Å². The van der Waals surface area contributed by atoms with E-state index >= 15 is 0 Å². The SMILES string of the molecule is CN1C2CCC1CC(NCC(C)(C)NC(=O)OC(C)(C)C)C2. The van der Waals surface area contributed by atoms with Gasteiger partial charge in [-0.25, -0.2) is 4.79 Å². The van der Waals surface area contributed by atoms with Crippen LogP contribution in [0.5, 0.6) is 0 Å². The zero-order chi connectivity index (χ0) is 16.5. The van der Waals surface area contributed by atoms with Crippen molar-refractivity contribution in [3.63, 3.8) is 0 Å². The van der Waals surface area contributed by atoms with Crippen molar-refractivity contribution < 1.29 is 9.53 Å². The molecule has 0 spiro atoms. The lowest BCUT2D eigenvalue weighted by atomic mass is 9.96. The molecule has 1 amide bonds. The Morgan fingerprint density at radius 3 is 2.18 bits per heavy atom. The molecule has 2 heterocycles. The number of carbonyl (C=O) groups excluding carboxylic acids is 1. The summed E-state index contributed by atoms with van der Waals surface area (Å²) in [6.07, 6.45) is 4.76. The van der Waals surface area contributed by atoms with Crippen LogP contribution in [0.2, 0.25) is 0 Å². The summed E-state index contributed by atoms with van der Waals surface area (Å²) in [5.74, 6) is 0. The normalized spacial score (nSPS) is 29.5. The summed E-state index contributed by atoms with van der Waals surface area (Å²) in [6.45, 7) is 10.5. The molecule has 0 aliphatic carbocycles. The van der Waals surface area contributed by atoms with Gasteiger partial charge in [0, 0.05) is 24.7 Å². The van der Waals surface area contributed by atoms with E-state index in [-0.39, 0.29) is 11.6 Å². The van der Waals surface area contributed by atoms with E-state index in [0.717, 1.165) is 18.6 Å². The molecule has 2 rings (SSSR count). The first-order chi connectivity index (χ1) is 10.1. The highest BCUT2D eigenvalue weighted by atomic mass is 16.6. The van der Waals surface area contributed by atoms with E-state index in [1.54, 1.807) is 0 Å². The largest absolute Gasteiger partial charge is 0.444 e. The van der Waals surface area contributed by atoms with Crippen LogP contribution >= 0.6 is 0 Å². The van der Waals surface area contributed by atoms with Crippen LogP contribution in [0.15, 0.2) is 0 Å². The third kappa shape index (κ3) is 4.85. The minimum atomic E-state index is -0.458. The smallest absolute Gasteiger partial charge is 0.408 e. The summed E-state index contributed by atoms with van der Waals surface area (Å²) in [5.41, 5.74) is -0.772. The van der Waals surface area contributed by atoms with Gasteiger partial charge in [0.2, 0.25) is 0 Å². The highest BCUT2D eigenvalue weighted by Crippen LogP contribution is 2.34. The van der Waals surface area contributed by atoms with Gasteiger partial charge in [-0.3, -0.25) is 0 Å². The van der Waals surface area contributed by atoms with Crippen LogP contribution in [0, 0.1) is 0 Å². The summed E-state index contributed by atoms with van der Waals surface area (Å²) >= 11 is 0. The van der Waals surface area contributed by atoms with Gasteiger partial charge in [0.25, 0.3) is 0 Å². The van der Waals surface area contributed by atoms with E-state index in [1.807, 2.05) is 34.6 Å². The Morgan fingerprint density at radius 1 is 1.14 bits per heavy atom. The minimum absolute atomic E-state index is 0.315. The van der Waals surface area contributed by atoms with Crippen LogP contribution in [0.25, 0.3) is 0 Å². The third-order valence-electron chi connectivity index (χ3n) is 4.77. The van der Waals surface area contributed by atoms with Crippen LogP contribution in [-0.4, -0.2) is 53.9 Å². The third-order valence-corrected chi connectivity index (χ3v) is 4.77. The average molecular weight is 311 g/mol. The van der Waals surface area contributed by atoms with Crippen LogP contribution in [0.4, 0.5) is 4.79 Å². The molecule has 2 N–H and O–H groups in total. The fourth-order valence-corrected chi connectivity index (χ4v) is 3.60. The van der Waals surface area contributed by atoms with E-state index < -0.39 is 5.60 Å². The maximum atomic E-state index is 11.9. The molecule has 0 aromatic heterocycles. The Balaban J connectivity index is 1.77. The summed E-state index contributed by atoms with van der Waals surface area (Å²) in [7, 11) is 2.26. The van der Waals surface area contributed by atoms with E-state index in [9.17, 15) is 4.79 Å². The van der Waals surface area contributed by atoms with Gasteiger partial charge in [-0.1, -0.05) is 0 Å². The van der Waals surface area contributed by atoms with Gasteiger partial charge in [-0.2, -0.15) is 0 Å². The second-order valence-corrected chi connectivity index (χ2v) is 8.61. The van der Waals surface area contributed by atoms with Crippen molar-refractivity contribution in [3.8, 4) is 0 Å². The molecule has 2 fully saturated rings. The number of nitrogens with one attached hydrogen (secondary N) is 2. The molecule has 2 bridgehead atoms. The first-order valence-electron chi connectivity index (χ1n) is 8.52. The Morgan fingerprint density at radius 2 is 1.68 bits per heavy atom. The molecule has 5 nitrogen and oxygen atoms in total. The number of rotatable bonds is 4. The maximum absolute atomic E-state index is 11.9. The number of amides is 1. The number of carbonyl (C=O) groups is 1. The molecule has 5 heteroatoms. The molecule has 2 aliphatic rings. The van der Waals surface area contributed by atoms with Crippen LogP contribution in [0.1, 0.15) is 60.3 Å². The highest BCUT2D eigenvalue weighted by molar-refractivity contribution is 5.68. The van der Waals surface area contributed by atoms with E-state index in [0.29, 0.717) is 6.04 Å². The van der Waals surface area contributed by atoms with Gasteiger partial charge >= 0.3 is 6.09 Å². The lowest BCUT2D eigenvalue weighted by molar-refractivity contribution is 0.0467. The van der Waals surface area contributed by atoms with Crippen molar-refractivity contribution in [2.75, 3.05) is 13.6 Å². The van der Waals surface area contributed by atoms with Gasteiger partial charge in [-0.05, 0) is 67.3 Å². The Hall–Kier alpha value is -0.810. The lowest BCUT2D eigenvalue weighted by Crippen LogP contribution is -2.55. The van der Waals surface area contributed by atoms with Crippen LogP contribution in [0.3, 0.4) is 0 Å². The number of ether oxygens (including phenoxy) is 1. The second kappa shape index (κ2) is 6.36. The quantitative estimate of drug-likeness (QED) is 0.837. The average Bonchev–Trinajstić information content (AvgIpc) is 2.58. The highest BCUT2D eigenvalue weighted by Gasteiger charge is 2.38. The summed E-state index contributed by atoms with van der Waals surface area (Å²) in [5, 5.41) is 6.62. The van der Waals surface area contributed by atoms with E-state index in [4.69, 9.17) is 4.74 Å². The van der Waals surface area contributed by atoms with Gasteiger partial charge < -0.3 is 20.3 Å². The number of nitrogens with zero attached hydrogens (tertiary/aromatic N) is 1. The summed E-state index contributed by atoms with van der Waals surface area (Å²) in [4.78, 5) is 14.5. The zero-order valence-electron chi connectivity index (χ0n) is 15.0. The number of fused-ring (bicyclic) bond motifs is 2. The van der Waals surface area contributed by atoms with E-state index in [1.165, 1.54) is 25.7 Å². The zero-order valence-corrected chi connectivity index (χ0v) is 15.0. The van der Waals surface area contributed by atoms with Crippen molar-refractivity contribution in [2.24, 2.45) is 0 Å². The van der Waals surface area contributed by atoms with Gasteiger partial charge in [-0.15, -0.1) is 0 Å². The lowest BCUT2D eigenvalue weighted by Gasteiger charge is -2.38. The van der Waals surface area contributed by atoms with Crippen LogP contribution in [-0.2, 0) is 4.74 Å². The molecule has 2 atom stereocenters. The predicted molar refractivity (Wildman–Crippen MR) is 89.0 cm³/mol. The van der Waals surface area contributed by atoms with Crippen molar-refractivity contribution in [1.82, 2.24) is 15.5 Å². The summed E-state index contributed by atoms with van der Waals surface area (Å²) < 4.78 is 5.34. The molecule has 0 aromatic carbocycles. The first kappa shape index (κ1) is 17.5. The Bertz CT molecular complexity index is 389. The van der Waals surface area contributed by atoms with Crippen molar-refractivity contribution in [1.29, 1.82) is 0 Å². The molecule has 2 aliphatic heterocycles. The van der Waals surface area contributed by atoms with Gasteiger partial charge in [0.05, 0.1) is 5.54 Å². The van der Waals surface area contributed by atoms with Gasteiger partial charge in [0.15, 0.2) is 0 Å². The molecule has 0 saturated carbocycles.